The topological polar surface area (TPSA) is 195 Å². The van der Waals surface area contributed by atoms with E-state index >= 15 is 0 Å². The lowest BCUT2D eigenvalue weighted by atomic mass is 10.0. The number of aromatic nitrogens is 5. The Bertz CT molecular complexity index is 1390. The lowest BCUT2D eigenvalue weighted by Gasteiger charge is -2.50. The van der Waals surface area contributed by atoms with E-state index in [1.165, 1.54) is 23.5 Å². The third kappa shape index (κ3) is 5.01. The van der Waals surface area contributed by atoms with E-state index < -0.39 is 29.2 Å². The van der Waals surface area contributed by atoms with Gasteiger partial charge in [0.2, 0.25) is 0 Å². The number of nitrogens with zero attached hydrogens (tertiary/aromatic N) is 6. The third-order valence-electron chi connectivity index (χ3n) is 5.47. The molecule has 2 aliphatic heterocycles. The third-order valence-corrected chi connectivity index (χ3v) is 7.49. The first-order chi connectivity index (χ1) is 17.9. The van der Waals surface area contributed by atoms with Crippen LogP contribution in [0.4, 0.5) is 5.13 Å². The molecule has 14 nitrogen and oxygen atoms in total. The van der Waals surface area contributed by atoms with E-state index in [-0.39, 0.29) is 35.4 Å². The van der Waals surface area contributed by atoms with Crippen LogP contribution in [0.1, 0.15) is 11.5 Å². The van der Waals surface area contributed by atoms with Gasteiger partial charge in [0.1, 0.15) is 23.4 Å². The number of thioether (sulfide) groups is 1. The highest BCUT2D eigenvalue weighted by atomic mass is 32.2. The fraction of sp³-hybridized carbons (Fsp3) is 0.238. The number of H-pyrrole nitrogens is 1. The molecule has 5 heterocycles. The van der Waals surface area contributed by atoms with Crippen molar-refractivity contribution in [3.05, 3.63) is 65.1 Å². The number of rotatable bonds is 9. The molecule has 0 spiro atoms. The molecule has 3 aromatic rings. The minimum absolute atomic E-state index is 0.115. The first kappa shape index (κ1) is 24.4. The van der Waals surface area contributed by atoms with Gasteiger partial charge in [-0.15, -0.1) is 23.1 Å². The summed E-state index contributed by atoms with van der Waals surface area (Å²) in [4.78, 5) is 52.5. The Morgan fingerprint density at radius 3 is 2.84 bits per heavy atom. The number of fused-ring (bicyclic) bond motifs is 1. The van der Waals surface area contributed by atoms with Gasteiger partial charge in [0.25, 0.3) is 11.8 Å². The van der Waals surface area contributed by atoms with E-state index in [9.17, 15) is 19.5 Å². The van der Waals surface area contributed by atoms with Crippen LogP contribution >= 0.6 is 23.1 Å². The molecule has 0 radical (unpaired) electrons. The van der Waals surface area contributed by atoms with Gasteiger partial charge in [0, 0.05) is 28.8 Å². The molecule has 1 fully saturated rings. The average molecular weight is 542 g/mol. The second-order valence-electron chi connectivity index (χ2n) is 7.85. The summed E-state index contributed by atoms with van der Waals surface area (Å²) in [6.45, 7) is 0.172. The number of nitrogens with two attached hydrogens (primary N) is 1. The quantitative estimate of drug-likeness (QED) is 0.120. The van der Waals surface area contributed by atoms with Crippen LogP contribution in [0.5, 0.6) is 0 Å². The van der Waals surface area contributed by atoms with E-state index in [1.807, 2.05) is 22.8 Å². The number of hydrogen-bond acceptors (Lipinski definition) is 12. The van der Waals surface area contributed by atoms with Crippen LogP contribution in [0.25, 0.3) is 0 Å². The van der Waals surface area contributed by atoms with E-state index in [0.717, 1.165) is 16.2 Å². The highest BCUT2D eigenvalue weighted by Crippen LogP contribution is 2.40. The van der Waals surface area contributed by atoms with Crippen molar-refractivity contribution in [2.75, 3.05) is 11.5 Å². The van der Waals surface area contributed by atoms with Crippen LogP contribution in [0.3, 0.4) is 0 Å². The predicted octanol–water partition coefficient (Wildman–Crippen LogP) is -1.84. The molecule has 1 saturated heterocycles. The minimum atomic E-state index is -1.45. The molecule has 4 N–H and O–H groups in total. The van der Waals surface area contributed by atoms with Crippen molar-refractivity contribution in [3.8, 4) is 0 Å². The molecule has 0 bridgehead atoms. The van der Waals surface area contributed by atoms with Gasteiger partial charge >= 0.3 is 0 Å². The summed E-state index contributed by atoms with van der Waals surface area (Å²) in [6, 6.07) is 4.51. The monoisotopic (exact) mass is 541 g/mol. The lowest BCUT2D eigenvalue weighted by Crippen LogP contribution is -2.71. The van der Waals surface area contributed by atoms with Crippen LogP contribution in [-0.2, 0) is 32.4 Å². The number of hydrogen-bond donors (Lipinski definition) is 3. The SMILES string of the molecule is Nc1nc(C(=NOCc2nc[nH]n2)C(=O)N[C@@H]2C(=O)N3C(C(=O)[O-])=C(C[n+]4ccccc4)CS[C@@H]23)cs1. The number of nitrogens with one attached hydrogen (secondary N) is 2. The Kier molecular flexibility index (Phi) is 6.82. The van der Waals surface area contributed by atoms with Crippen molar-refractivity contribution < 1.29 is 28.9 Å². The zero-order valence-electron chi connectivity index (χ0n) is 18.9. The predicted molar refractivity (Wildman–Crippen MR) is 128 cm³/mol. The second kappa shape index (κ2) is 10.4. The Morgan fingerprint density at radius 1 is 1.35 bits per heavy atom. The number of aliphatic carboxylic acids is 1. The second-order valence-corrected chi connectivity index (χ2v) is 9.84. The smallest absolute Gasteiger partial charge is 0.276 e. The molecule has 5 rings (SSSR count). The van der Waals surface area contributed by atoms with Gasteiger partial charge < -0.3 is 25.8 Å². The van der Waals surface area contributed by atoms with Crippen LogP contribution in [0.2, 0.25) is 0 Å². The number of aromatic amines is 1. The van der Waals surface area contributed by atoms with Crippen molar-refractivity contribution >= 4 is 51.7 Å². The highest BCUT2D eigenvalue weighted by molar-refractivity contribution is 8.00. The Balaban J connectivity index is 1.32. The van der Waals surface area contributed by atoms with Gasteiger partial charge in [-0.3, -0.25) is 19.6 Å². The highest BCUT2D eigenvalue weighted by Gasteiger charge is 2.53. The van der Waals surface area contributed by atoms with Crippen molar-refractivity contribution in [1.29, 1.82) is 0 Å². The fourth-order valence-electron chi connectivity index (χ4n) is 3.82. The van der Waals surface area contributed by atoms with E-state index in [0.29, 0.717) is 17.2 Å². The molecule has 0 aliphatic carbocycles. The molecule has 2 atom stereocenters. The van der Waals surface area contributed by atoms with Gasteiger partial charge in [-0.25, -0.2) is 14.5 Å². The summed E-state index contributed by atoms with van der Waals surface area (Å²) in [6.07, 6.45) is 4.97. The zero-order chi connectivity index (χ0) is 25.9. The molecule has 37 heavy (non-hydrogen) atoms. The first-order valence-electron chi connectivity index (χ1n) is 10.8. The van der Waals surface area contributed by atoms with E-state index in [4.69, 9.17) is 10.6 Å². The normalized spacial score (nSPS) is 19.3. The molecule has 0 saturated carbocycles. The Morgan fingerprint density at radius 2 is 2.16 bits per heavy atom. The van der Waals surface area contributed by atoms with Gasteiger partial charge in [0.05, 0.1) is 11.7 Å². The van der Waals surface area contributed by atoms with Crippen molar-refractivity contribution in [2.45, 2.75) is 24.6 Å². The summed E-state index contributed by atoms with van der Waals surface area (Å²) in [7, 11) is 0. The molecular weight excluding hydrogens is 522 g/mol. The summed E-state index contributed by atoms with van der Waals surface area (Å²) >= 11 is 2.45. The number of carboxylic acid groups (broad SMARTS) is 1. The number of pyridine rings is 1. The van der Waals surface area contributed by atoms with Crippen LogP contribution in [0.15, 0.2) is 58.7 Å². The summed E-state index contributed by atoms with van der Waals surface area (Å²) < 4.78 is 1.81. The lowest BCUT2D eigenvalue weighted by molar-refractivity contribution is -0.689. The summed E-state index contributed by atoms with van der Waals surface area (Å²) in [5, 5.41) is 26.0. The van der Waals surface area contributed by atoms with Gasteiger partial charge in [-0.05, 0) is 0 Å². The number of carbonyl (C=O) groups excluding carboxylic acids is 3. The number of thiazole rings is 1. The van der Waals surface area contributed by atoms with Crippen LogP contribution in [-0.4, -0.2) is 65.7 Å². The van der Waals surface area contributed by atoms with E-state index in [2.05, 4.69) is 30.6 Å². The molecule has 2 aliphatic rings. The number of anilines is 1. The molecule has 0 unspecified atom stereocenters. The average Bonchev–Trinajstić information content (AvgIpc) is 3.57. The van der Waals surface area contributed by atoms with E-state index in [1.54, 1.807) is 12.4 Å². The summed E-state index contributed by atoms with van der Waals surface area (Å²) in [5.74, 6) is -2.09. The van der Waals surface area contributed by atoms with Gasteiger partial charge in [-0.2, -0.15) is 5.10 Å². The number of carboxylic acids is 1. The number of oxime groups is 1. The largest absolute Gasteiger partial charge is 0.543 e. The first-order valence-corrected chi connectivity index (χ1v) is 12.7. The maximum atomic E-state index is 13.1. The molecule has 3 aromatic heterocycles. The fourth-order valence-corrected chi connectivity index (χ4v) is 5.71. The van der Waals surface area contributed by atoms with Crippen LogP contribution in [0, 0.1) is 0 Å². The van der Waals surface area contributed by atoms with Gasteiger partial charge in [-0.1, -0.05) is 11.2 Å². The maximum Gasteiger partial charge on any atom is 0.276 e. The van der Waals surface area contributed by atoms with Crippen molar-refractivity contribution in [2.24, 2.45) is 5.16 Å². The Labute approximate surface area is 217 Å². The number of carbonyl (C=O) groups is 3. The summed E-state index contributed by atoms with van der Waals surface area (Å²) in [5.41, 5.74) is 6.03. The number of amides is 2. The van der Waals surface area contributed by atoms with Crippen molar-refractivity contribution in [1.82, 2.24) is 30.4 Å². The molecule has 2 amide bonds. The molecule has 16 heteroatoms. The molecular formula is C21H19N9O5S2. The maximum absolute atomic E-state index is 13.1. The van der Waals surface area contributed by atoms with Crippen molar-refractivity contribution in [3.63, 3.8) is 0 Å². The number of β-lactam (4-membered cyclic amide) rings is 1. The van der Waals surface area contributed by atoms with Crippen LogP contribution < -0.4 is 20.7 Å². The van der Waals surface area contributed by atoms with Gasteiger partial charge in [0.15, 0.2) is 42.2 Å². The molecule has 0 aromatic carbocycles. The number of nitrogen functional groups attached to an aromatic ring is 1. The minimum Gasteiger partial charge on any atom is -0.543 e. The molecule has 190 valence electrons. The standard InChI is InChI=1S/C21H19N9O5S2/c22-21-25-12(9-37-21)14(28-35-7-13-23-10-24-27-13)17(31)26-15-18(32)30-16(20(33)34)11(8-36-19(15)30)6-29-4-2-1-3-5-29/h1-5,9-10,15,19H,6-8H2,(H4-,22,23,24,25,26,27,31,33,34)/t15-,19+/m1/s1. The Hall–Kier alpha value is -4.31. The zero-order valence-corrected chi connectivity index (χ0v) is 20.6.